The van der Waals surface area contributed by atoms with Crippen molar-refractivity contribution in [3.8, 4) is 0 Å². The fourth-order valence-corrected chi connectivity index (χ4v) is 1.39. The van der Waals surface area contributed by atoms with Crippen LogP contribution < -0.4 is 5.32 Å². The van der Waals surface area contributed by atoms with Crippen LogP contribution in [0.2, 0.25) is 0 Å². The smallest absolute Gasteiger partial charge is 0.269 e. The van der Waals surface area contributed by atoms with E-state index in [0.29, 0.717) is 12.4 Å². The number of aromatic amines is 1. The van der Waals surface area contributed by atoms with Gasteiger partial charge in [0.05, 0.1) is 11.5 Å². The Labute approximate surface area is 96.2 Å². The van der Waals surface area contributed by atoms with Gasteiger partial charge in [-0.15, -0.1) is 10.2 Å². The van der Waals surface area contributed by atoms with Crippen LogP contribution in [0.1, 0.15) is 11.4 Å². The Morgan fingerprint density at radius 3 is 2.94 bits per heavy atom. The number of aromatic nitrogens is 4. The summed E-state index contributed by atoms with van der Waals surface area (Å²) in [4.78, 5) is 10.1. The molecule has 0 atom stereocenters. The number of hydrogen-bond acceptors (Lipinski definition) is 6. The number of non-ortho nitro benzene ring substituents is 1. The number of anilines is 1. The number of rotatable bonds is 4. The minimum Gasteiger partial charge on any atom is -0.377 e. The third-order valence-corrected chi connectivity index (χ3v) is 2.25. The Morgan fingerprint density at radius 2 is 2.35 bits per heavy atom. The van der Waals surface area contributed by atoms with E-state index in [2.05, 4.69) is 25.9 Å². The normalized spacial score (nSPS) is 10.2. The molecule has 8 heteroatoms. The lowest BCUT2D eigenvalue weighted by molar-refractivity contribution is -0.384. The zero-order chi connectivity index (χ0) is 12.3. The van der Waals surface area contributed by atoms with E-state index in [9.17, 15) is 10.1 Å². The largest absolute Gasteiger partial charge is 0.377 e. The van der Waals surface area contributed by atoms with Gasteiger partial charge >= 0.3 is 0 Å². The van der Waals surface area contributed by atoms with Crippen LogP contribution in [0.5, 0.6) is 0 Å². The van der Waals surface area contributed by atoms with Gasteiger partial charge in [0.1, 0.15) is 0 Å². The minimum atomic E-state index is -0.421. The molecule has 8 nitrogen and oxygen atoms in total. The molecule has 0 amide bonds. The van der Waals surface area contributed by atoms with Gasteiger partial charge in [0, 0.05) is 17.8 Å². The summed E-state index contributed by atoms with van der Waals surface area (Å²) in [5.41, 5.74) is 1.68. The zero-order valence-corrected chi connectivity index (χ0v) is 9.04. The maximum absolute atomic E-state index is 10.6. The lowest BCUT2D eigenvalue weighted by Gasteiger charge is -2.06. The van der Waals surface area contributed by atoms with Crippen LogP contribution in [0.3, 0.4) is 0 Å². The van der Waals surface area contributed by atoms with Crippen LogP contribution in [0.25, 0.3) is 0 Å². The summed E-state index contributed by atoms with van der Waals surface area (Å²) in [5, 5.41) is 27.0. The Hall–Kier alpha value is -2.51. The second-order valence-electron chi connectivity index (χ2n) is 3.44. The van der Waals surface area contributed by atoms with Crippen molar-refractivity contribution < 1.29 is 4.92 Å². The summed E-state index contributed by atoms with van der Waals surface area (Å²) in [6.45, 7) is 2.21. The van der Waals surface area contributed by atoms with Crippen molar-refractivity contribution in [3.63, 3.8) is 0 Å². The molecule has 2 aromatic rings. The first-order valence-electron chi connectivity index (χ1n) is 4.88. The highest BCUT2D eigenvalue weighted by Crippen LogP contribution is 2.21. The van der Waals surface area contributed by atoms with Gasteiger partial charge in [0.25, 0.3) is 5.69 Å². The molecule has 0 aliphatic carbocycles. The maximum atomic E-state index is 10.6. The van der Waals surface area contributed by atoms with E-state index in [0.717, 1.165) is 11.3 Å². The Balaban J connectivity index is 2.09. The summed E-state index contributed by atoms with van der Waals surface area (Å²) in [6.07, 6.45) is 0. The third kappa shape index (κ3) is 2.54. The van der Waals surface area contributed by atoms with Gasteiger partial charge < -0.3 is 5.32 Å². The predicted molar refractivity (Wildman–Crippen MR) is 59.3 cm³/mol. The van der Waals surface area contributed by atoms with E-state index in [1.807, 2.05) is 0 Å². The summed E-state index contributed by atoms with van der Waals surface area (Å²) in [6, 6.07) is 4.62. The van der Waals surface area contributed by atoms with E-state index >= 15 is 0 Å². The highest BCUT2D eigenvalue weighted by molar-refractivity contribution is 5.55. The molecule has 0 aliphatic heterocycles. The lowest BCUT2D eigenvalue weighted by Crippen LogP contribution is -2.03. The molecule has 1 aromatic heterocycles. The molecule has 0 saturated heterocycles. The highest BCUT2D eigenvalue weighted by Gasteiger charge is 2.08. The predicted octanol–water partition coefficient (Wildman–Crippen LogP) is 1.03. The fourth-order valence-electron chi connectivity index (χ4n) is 1.39. The summed E-state index contributed by atoms with van der Waals surface area (Å²) >= 11 is 0. The number of tetrazole rings is 1. The first kappa shape index (κ1) is 11.0. The molecule has 0 fully saturated rings. The zero-order valence-electron chi connectivity index (χ0n) is 9.04. The van der Waals surface area contributed by atoms with Crippen LogP contribution in [-0.2, 0) is 6.54 Å². The number of nitro benzene ring substituents is 1. The molecule has 88 valence electrons. The molecule has 0 saturated carbocycles. The van der Waals surface area contributed by atoms with E-state index < -0.39 is 4.92 Å². The molecular weight excluding hydrogens is 224 g/mol. The molecule has 17 heavy (non-hydrogen) atoms. The van der Waals surface area contributed by atoms with Gasteiger partial charge in [-0.05, 0) is 18.6 Å². The number of hydrogen-bond donors (Lipinski definition) is 2. The Kier molecular flexibility index (Phi) is 2.95. The van der Waals surface area contributed by atoms with Gasteiger partial charge in [0.15, 0.2) is 5.82 Å². The Bertz CT molecular complexity index is 524. The average molecular weight is 234 g/mol. The maximum Gasteiger partial charge on any atom is 0.269 e. The first-order valence-corrected chi connectivity index (χ1v) is 4.88. The summed E-state index contributed by atoms with van der Waals surface area (Å²) in [5.74, 6) is 0.530. The van der Waals surface area contributed by atoms with Gasteiger partial charge in [-0.1, -0.05) is 5.21 Å². The standard InChI is InChI=1S/C9H10N6O2/c1-6-4-7(15(16)17)2-3-8(6)10-5-9-11-13-14-12-9/h2-4,10H,5H2,1H3,(H,11,12,13,14). The summed E-state index contributed by atoms with van der Waals surface area (Å²) < 4.78 is 0. The molecule has 1 aromatic carbocycles. The van der Waals surface area contributed by atoms with Crippen molar-refractivity contribution in [3.05, 3.63) is 39.7 Å². The first-order chi connectivity index (χ1) is 8.16. The molecule has 0 radical (unpaired) electrons. The van der Waals surface area contributed by atoms with Gasteiger partial charge in [-0.3, -0.25) is 10.1 Å². The SMILES string of the molecule is Cc1cc([N+](=O)[O-])ccc1NCc1nn[nH]n1. The quantitative estimate of drug-likeness (QED) is 0.603. The molecule has 0 bridgehead atoms. The molecule has 0 aliphatic rings. The van der Waals surface area contributed by atoms with Crippen molar-refractivity contribution in [2.24, 2.45) is 0 Å². The van der Waals surface area contributed by atoms with Crippen LogP contribution >= 0.6 is 0 Å². The number of nitrogens with one attached hydrogen (secondary N) is 2. The summed E-state index contributed by atoms with van der Waals surface area (Å²) in [7, 11) is 0. The van der Waals surface area contributed by atoms with E-state index in [4.69, 9.17) is 0 Å². The number of H-pyrrole nitrogens is 1. The van der Waals surface area contributed by atoms with Crippen molar-refractivity contribution in [2.75, 3.05) is 5.32 Å². The number of aryl methyl sites for hydroxylation is 1. The molecule has 0 spiro atoms. The van der Waals surface area contributed by atoms with Crippen molar-refractivity contribution in [1.82, 2.24) is 20.6 Å². The molecular formula is C9H10N6O2. The second-order valence-corrected chi connectivity index (χ2v) is 3.44. The van der Waals surface area contributed by atoms with Crippen LogP contribution in [0.4, 0.5) is 11.4 Å². The molecule has 0 unspecified atom stereocenters. The van der Waals surface area contributed by atoms with E-state index in [1.165, 1.54) is 12.1 Å². The van der Waals surface area contributed by atoms with Gasteiger partial charge in [-0.25, -0.2) is 0 Å². The van der Waals surface area contributed by atoms with Crippen molar-refractivity contribution >= 4 is 11.4 Å². The van der Waals surface area contributed by atoms with Gasteiger partial charge in [0.2, 0.25) is 0 Å². The molecule has 1 heterocycles. The highest BCUT2D eigenvalue weighted by atomic mass is 16.6. The lowest BCUT2D eigenvalue weighted by atomic mass is 10.2. The monoisotopic (exact) mass is 234 g/mol. The topological polar surface area (TPSA) is 110 Å². The minimum absolute atomic E-state index is 0.0765. The molecule has 2 rings (SSSR count). The van der Waals surface area contributed by atoms with E-state index in [1.54, 1.807) is 13.0 Å². The second kappa shape index (κ2) is 4.56. The fraction of sp³-hybridized carbons (Fsp3) is 0.222. The number of nitrogens with zero attached hydrogens (tertiary/aromatic N) is 4. The molecule has 2 N–H and O–H groups in total. The van der Waals surface area contributed by atoms with E-state index in [-0.39, 0.29) is 5.69 Å². The van der Waals surface area contributed by atoms with Crippen molar-refractivity contribution in [2.45, 2.75) is 13.5 Å². The average Bonchev–Trinajstić information content (AvgIpc) is 2.80. The van der Waals surface area contributed by atoms with Crippen molar-refractivity contribution in [1.29, 1.82) is 0 Å². The number of benzene rings is 1. The third-order valence-electron chi connectivity index (χ3n) is 2.25. The number of nitro groups is 1. The van der Waals surface area contributed by atoms with Gasteiger partial charge in [-0.2, -0.15) is 5.21 Å². The van der Waals surface area contributed by atoms with Crippen LogP contribution in [0.15, 0.2) is 18.2 Å². The van der Waals surface area contributed by atoms with Crippen LogP contribution in [-0.4, -0.2) is 25.5 Å². The van der Waals surface area contributed by atoms with Crippen LogP contribution in [0, 0.1) is 17.0 Å². The Morgan fingerprint density at radius 1 is 1.53 bits per heavy atom.